The molecule has 0 fully saturated rings. The van der Waals surface area contributed by atoms with Crippen LogP contribution in [0.1, 0.15) is 17.0 Å². The number of aryl methyl sites for hydroxylation is 3. The number of methoxy groups -OCH3 is 1. The number of aromatic nitrogens is 2. The maximum Gasteiger partial charge on any atom is 0.253 e. The van der Waals surface area contributed by atoms with Gasteiger partial charge in [-0.05, 0) is 26.0 Å². The number of allylic oxidation sites excluding steroid dienone is 1. The zero-order valence-electron chi connectivity index (χ0n) is 20.0. The van der Waals surface area contributed by atoms with Crippen LogP contribution < -0.4 is 25.4 Å². The topological polar surface area (TPSA) is 86.5 Å². The van der Waals surface area contributed by atoms with Crippen LogP contribution in [-0.4, -0.2) is 50.1 Å². The van der Waals surface area contributed by atoms with Crippen molar-refractivity contribution in [3.8, 4) is 5.75 Å². The largest absolute Gasteiger partial charge is 0.497 e. The van der Waals surface area contributed by atoms with Gasteiger partial charge in [-0.1, -0.05) is 0 Å². The molecule has 1 aromatic carbocycles. The molecule has 0 spiro atoms. The van der Waals surface area contributed by atoms with E-state index in [1.807, 2.05) is 45.2 Å². The van der Waals surface area contributed by atoms with Gasteiger partial charge in [0, 0.05) is 75.3 Å². The van der Waals surface area contributed by atoms with Gasteiger partial charge < -0.3 is 29.8 Å². The molecule has 0 saturated heterocycles. The molecule has 0 atom stereocenters. The summed E-state index contributed by atoms with van der Waals surface area (Å²) in [5.74, 6) is 0.696. The van der Waals surface area contributed by atoms with Crippen molar-refractivity contribution in [2.45, 2.75) is 13.8 Å². The first kappa shape index (κ1) is 22.4. The fourth-order valence-electron chi connectivity index (χ4n) is 4.51. The summed E-state index contributed by atoms with van der Waals surface area (Å²) in [4.78, 5) is 21.9. The quantitative estimate of drug-likeness (QED) is 0.585. The first-order valence-corrected chi connectivity index (χ1v) is 10.9. The molecule has 1 aliphatic heterocycles. The van der Waals surface area contributed by atoms with Crippen molar-refractivity contribution in [1.82, 2.24) is 14.9 Å². The number of nitrogens with one attached hydrogen (secondary N) is 2. The second-order valence-electron chi connectivity index (χ2n) is 8.34. The van der Waals surface area contributed by atoms with E-state index in [-0.39, 0.29) is 5.56 Å². The number of fused-ring (bicyclic) bond motifs is 2. The molecule has 8 nitrogen and oxygen atoms in total. The predicted octanol–water partition coefficient (Wildman–Crippen LogP) is 3.36. The molecule has 0 amide bonds. The maximum atomic E-state index is 12.6. The molecule has 2 N–H and O–H groups in total. The van der Waals surface area contributed by atoms with Crippen molar-refractivity contribution in [1.29, 1.82) is 5.41 Å². The number of benzene rings is 1. The molecular formula is C25H30N6O2. The highest BCUT2D eigenvalue weighted by atomic mass is 16.5. The Morgan fingerprint density at radius 2 is 1.91 bits per heavy atom. The summed E-state index contributed by atoms with van der Waals surface area (Å²) >= 11 is 0. The van der Waals surface area contributed by atoms with Crippen LogP contribution in [-0.2, 0) is 7.05 Å². The van der Waals surface area contributed by atoms with E-state index in [0.29, 0.717) is 16.9 Å². The van der Waals surface area contributed by atoms with E-state index < -0.39 is 0 Å². The van der Waals surface area contributed by atoms with Crippen LogP contribution in [0.4, 0.5) is 17.1 Å². The first-order chi connectivity index (χ1) is 15.8. The second kappa shape index (κ2) is 8.61. The molecule has 3 heterocycles. The first-order valence-electron chi connectivity index (χ1n) is 10.9. The Balaban J connectivity index is 2.00. The predicted molar refractivity (Wildman–Crippen MR) is 136 cm³/mol. The molecular weight excluding hydrogens is 416 g/mol. The molecule has 0 unspecified atom stereocenters. The summed E-state index contributed by atoms with van der Waals surface area (Å²) in [6, 6.07) is 7.93. The molecule has 2 aromatic heterocycles. The highest BCUT2D eigenvalue weighted by Crippen LogP contribution is 2.43. The van der Waals surface area contributed by atoms with E-state index in [4.69, 9.17) is 15.1 Å². The Labute approximate surface area is 193 Å². The number of ether oxygens (including phenoxy) is 1. The van der Waals surface area contributed by atoms with Crippen LogP contribution in [0.5, 0.6) is 5.75 Å². The third kappa shape index (κ3) is 3.71. The van der Waals surface area contributed by atoms with Crippen molar-refractivity contribution in [2.75, 3.05) is 44.1 Å². The van der Waals surface area contributed by atoms with E-state index >= 15 is 0 Å². The number of anilines is 3. The lowest BCUT2D eigenvalue weighted by Gasteiger charge is -2.38. The molecule has 0 radical (unpaired) electrons. The van der Waals surface area contributed by atoms with Gasteiger partial charge in [-0.3, -0.25) is 9.78 Å². The van der Waals surface area contributed by atoms with Gasteiger partial charge in [0.1, 0.15) is 5.75 Å². The van der Waals surface area contributed by atoms with E-state index in [9.17, 15) is 4.79 Å². The summed E-state index contributed by atoms with van der Waals surface area (Å²) in [5, 5.41) is 11.8. The molecule has 0 saturated carbocycles. The molecule has 0 bridgehead atoms. The van der Waals surface area contributed by atoms with Crippen LogP contribution in [0.2, 0.25) is 0 Å². The Kier molecular flexibility index (Phi) is 5.84. The highest BCUT2D eigenvalue weighted by Gasteiger charge is 2.27. The molecule has 172 valence electrons. The summed E-state index contributed by atoms with van der Waals surface area (Å²) < 4.78 is 7.28. The maximum absolute atomic E-state index is 12.6. The van der Waals surface area contributed by atoms with Gasteiger partial charge in [0.05, 0.1) is 41.1 Å². The summed E-state index contributed by atoms with van der Waals surface area (Å²) in [6.07, 6.45) is 3.09. The van der Waals surface area contributed by atoms with E-state index in [1.54, 1.807) is 24.9 Å². The van der Waals surface area contributed by atoms with Gasteiger partial charge in [0.25, 0.3) is 5.56 Å². The van der Waals surface area contributed by atoms with Crippen molar-refractivity contribution in [2.24, 2.45) is 7.05 Å². The number of hydrogen-bond donors (Lipinski definition) is 2. The number of nitrogens with zero attached hydrogens (tertiary/aromatic N) is 4. The molecule has 0 aliphatic carbocycles. The monoisotopic (exact) mass is 446 g/mol. The standard InChI is InChI=1S/C25H30N6O2/c1-15-9-19-21(30(5)25(15)32)10-18(33-6)11-22(19)31-8-7-29(4)23-12-20(17(13-26)14-27-3)28-16(2)24(23)31/h9-14,26-27H,7-8H2,1-6H3/b17-14+,26-13?. The fraction of sp³-hybridized carbons (Fsp3) is 0.320. The summed E-state index contributed by atoms with van der Waals surface area (Å²) in [5.41, 5.74) is 6.88. The Morgan fingerprint density at radius 3 is 2.58 bits per heavy atom. The van der Waals surface area contributed by atoms with Crippen LogP contribution in [0.15, 0.2) is 35.3 Å². The molecule has 33 heavy (non-hydrogen) atoms. The van der Waals surface area contributed by atoms with Gasteiger partial charge in [-0.25, -0.2) is 0 Å². The SMILES string of the molecule is CN/C=C(\C=N)c1cc2c(c(C)n1)N(c1cc(OC)cc3c1cc(C)c(=O)n3C)CCN2C. The van der Waals surface area contributed by atoms with Crippen LogP contribution in [0.25, 0.3) is 16.5 Å². The van der Waals surface area contributed by atoms with Gasteiger partial charge >= 0.3 is 0 Å². The molecule has 4 rings (SSSR count). The Hall–Kier alpha value is -3.81. The second-order valence-corrected chi connectivity index (χ2v) is 8.34. The van der Waals surface area contributed by atoms with E-state index in [1.165, 1.54) is 6.21 Å². The van der Waals surface area contributed by atoms with Crippen molar-refractivity contribution in [3.63, 3.8) is 0 Å². The van der Waals surface area contributed by atoms with E-state index in [0.717, 1.165) is 52.4 Å². The van der Waals surface area contributed by atoms with Gasteiger partial charge in [0.15, 0.2) is 0 Å². The average molecular weight is 447 g/mol. The lowest BCUT2D eigenvalue weighted by Crippen LogP contribution is -2.37. The zero-order valence-corrected chi connectivity index (χ0v) is 20.0. The minimum absolute atomic E-state index is 0.0153. The normalized spacial score (nSPS) is 13.8. The van der Waals surface area contributed by atoms with Gasteiger partial charge in [-0.15, -0.1) is 0 Å². The molecule has 1 aliphatic rings. The fourth-order valence-corrected chi connectivity index (χ4v) is 4.51. The lowest BCUT2D eigenvalue weighted by molar-refractivity contribution is 0.415. The third-order valence-electron chi connectivity index (χ3n) is 6.24. The summed E-state index contributed by atoms with van der Waals surface area (Å²) in [6.45, 7) is 5.42. The van der Waals surface area contributed by atoms with Crippen LogP contribution >= 0.6 is 0 Å². The van der Waals surface area contributed by atoms with Gasteiger partial charge in [0.2, 0.25) is 0 Å². The van der Waals surface area contributed by atoms with E-state index in [2.05, 4.69) is 22.2 Å². The number of likely N-dealkylation sites (N-methyl/N-ethyl adjacent to an activating group) is 1. The minimum Gasteiger partial charge on any atom is -0.497 e. The average Bonchev–Trinajstić information content (AvgIpc) is 2.81. The molecule has 3 aromatic rings. The van der Waals surface area contributed by atoms with Crippen LogP contribution in [0, 0.1) is 19.3 Å². The minimum atomic E-state index is -0.0153. The number of hydrogen-bond acceptors (Lipinski definition) is 7. The van der Waals surface area contributed by atoms with Gasteiger partial charge in [-0.2, -0.15) is 0 Å². The van der Waals surface area contributed by atoms with Crippen molar-refractivity contribution >= 4 is 39.8 Å². The smallest absolute Gasteiger partial charge is 0.253 e. The zero-order chi connectivity index (χ0) is 23.9. The van der Waals surface area contributed by atoms with Crippen molar-refractivity contribution < 1.29 is 4.74 Å². The van der Waals surface area contributed by atoms with Crippen LogP contribution in [0.3, 0.4) is 0 Å². The van der Waals surface area contributed by atoms with Crippen molar-refractivity contribution in [3.05, 3.63) is 57.8 Å². The molecule has 8 heteroatoms. The third-order valence-corrected chi connectivity index (χ3v) is 6.24. The Morgan fingerprint density at radius 1 is 1.15 bits per heavy atom. The number of pyridine rings is 2. The number of rotatable bonds is 5. The Bertz CT molecular complexity index is 1340. The lowest BCUT2D eigenvalue weighted by atomic mass is 10.0. The highest BCUT2D eigenvalue weighted by molar-refractivity contribution is 6.08. The summed E-state index contributed by atoms with van der Waals surface area (Å²) in [7, 11) is 7.32.